The van der Waals surface area contributed by atoms with Crippen LogP contribution < -0.4 is 5.73 Å². The minimum Gasteiger partial charge on any atom is -0.391 e. The van der Waals surface area contributed by atoms with Crippen molar-refractivity contribution in [3.05, 3.63) is 0 Å². The third-order valence-electron chi connectivity index (χ3n) is 0.621. The Balaban J connectivity index is 2.72. The summed E-state index contributed by atoms with van der Waals surface area (Å²) in [5.41, 5.74) is 5.11. The van der Waals surface area contributed by atoms with Crippen LogP contribution >= 0.6 is 0 Å². The molecular formula is C5H13NO2. The second kappa shape index (κ2) is 5.03. The van der Waals surface area contributed by atoms with E-state index in [9.17, 15) is 0 Å². The van der Waals surface area contributed by atoms with Crippen molar-refractivity contribution in [1.82, 2.24) is 0 Å². The third-order valence-corrected chi connectivity index (χ3v) is 0.621. The van der Waals surface area contributed by atoms with Gasteiger partial charge in [-0.2, -0.15) is 0 Å². The standard InChI is InChI=1S/C5H13NO2/c1-5(7)4-8-3-2-6/h5,7H,2-4,6H2,1H3. The summed E-state index contributed by atoms with van der Waals surface area (Å²) >= 11 is 0. The molecule has 1 unspecified atom stereocenters. The summed E-state index contributed by atoms with van der Waals surface area (Å²) in [6.45, 7) is 3.12. The van der Waals surface area contributed by atoms with Crippen molar-refractivity contribution >= 4 is 0 Å². The molecule has 3 nitrogen and oxygen atoms in total. The van der Waals surface area contributed by atoms with Crippen LogP contribution in [0.4, 0.5) is 0 Å². The van der Waals surface area contributed by atoms with Gasteiger partial charge in [-0.25, -0.2) is 0 Å². The Kier molecular flexibility index (Phi) is 4.95. The predicted molar refractivity (Wildman–Crippen MR) is 31.6 cm³/mol. The molecule has 0 aliphatic carbocycles. The van der Waals surface area contributed by atoms with Crippen molar-refractivity contribution in [2.24, 2.45) is 5.73 Å². The number of rotatable bonds is 4. The van der Waals surface area contributed by atoms with E-state index in [-0.39, 0.29) is 6.10 Å². The molecule has 0 saturated heterocycles. The van der Waals surface area contributed by atoms with Gasteiger partial charge in [0.05, 0.1) is 19.3 Å². The van der Waals surface area contributed by atoms with E-state index in [0.29, 0.717) is 19.8 Å². The van der Waals surface area contributed by atoms with Gasteiger partial charge in [0.25, 0.3) is 0 Å². The van der Waals surface area contributed by atoms with Gasteiger partial charge in [0.15, 0.2) is 0 Å². The summed E-state index contributed by atoms with van der Waals surface area (Å²) in [5, 5.41) is 8.61. The van der Waals surface area contributed by atoms with Gasteiger partial charge >= 0.3 is 0 Å². The van der Waals surface area contributed by atoms with E-state index >= 15 is 0 Å². The monoisotopic (exact) mass is 119 g/mol. The van der Waals surface area contributed by atoms with Crippen LogP contribution in [0.5, 0.6) is 0 Å². The maximum absolute atomic E-state index is 8.61. The van der Waals surface area contributed by atoms with Crippen molar-refractivity contribution in [2.75, 3.05) is 19.8 Å². The second-order valence-electron chi connectivity index (χ2n) is 1.71. The average molecular weight is 119 g/mol. The van der Waals surface area contributed by atoms with Gasteiger partial charge in [0.2, 0.25) is 0 Å². The molecule has 3 heteroatoms. The predicted octanol–water partition coefficient (Wildman–Crippen LogP) is -0.657. The Bertz CT molecular complexity index is 47.7. The second-order valence-corrected chi connectivity index (χ2v) is 1.71. The van der Waals surface area contributed by atoms with Gasteiger partial charge in [0, 0.05) is 6.54 Å². The number of aliphatic hydroxyl groups is 1. The van der Waals surface area contributed by atoms with E-state index in [1.807, 2.05) is 0 Å². The molecule has 0 heterocycles. The first-order valence-corrected chi connectivity index (χ1v) is 2.73. The van der Waals surface area contributed by atoms with Crippen LogP contribution in [0.1, 0.15) is 6.92 Å². The Labute approximate surface area is 49.4 Å². The van der Waals surface area contributed by atoms with Gasteiger partial charge in [0.1, 0.15) is 0 Å². The lowest BCUT2D eigenvalue weighted by Crippen LogP contribution is -2.15. The van der Waals surface area contributed by atoms with Crippen molar-refractivity contribution < 1.29 is 9.84 Å². The fourth-order valence-corrected chi connectivity index (χ4v) is 0.337. The zero-order valence-electron chi connectivity index (χ0n) is 5.13. The van der Waals surface area contributed by atoms with Crippen LogP contribution in [-0.4, -0.2) is 31.0 Å². The number of hydrogen-bond acceptors (Lipinski definition) is 3. The summed E-state index contributed by atoms with van der Waals surface area (Å²) in [6.07, 6.45) is -0.374. The Morgan fingerprint density at radius 2 is 2.38 bits per heavy atom. The molecule has 0 spiro atoms. The highest BCUT2D eigenvalue weighted by Gasteiger charge is 1.91. The molecule has 0 rings (SSSR count). The molecule has 3 N–H and O–H groups in total. The topological polar surface area (TPSA) is 55.5 Å². The van der Waals surface area contributed by atoms with Crippen molar-refractivity contribution in [3.8, 4) is 0 Å². The highest BCUT2D eigenvalue weighted by molar-refractivity contribution is 4.40. The van der Waals surface area contributed by atoms with Crippen LogP contribution in [0.15, 0.2) is 0 Å². The molecule has 0 aliphatic rings. The largest absolute Gasteiger partial charge is 0.391 e. The highest BCUT2D eigenvalue weighted by Crippen LogP contribution is 1.79. The molecule has 0 bridgehead atoms. The van der Waals surface area contributed by atoms with E-state index < -0.39 is 0 Å². The minimum atomic E-state index is -0.374. The summed E-state index contributed by atoms with van der Waals surface area (Å²) in [6, 6.07) is 0. The van der Waals surface area contributed by atoms with Gasteiger partial charge < -0.3 is 15.6 Å². The number of aliphatic hydroxyl groups excluding tert-OH is 1. The third kappa shape index (κ3) is 5.88. The molecule has 0 saturated carbocycles. The molecular weight excluding hydrogens is 106 g/mol. The first-order valence-electron chi connectivity index (χ1n) is 2.73. The molecule has 1 atom stereocenters. The molecule has 0 fully saturated rings. The highest BCUT2D eigenvalue weighted by atomic mass is 16.5. The summed E-state index contributed by atoms with van der Waals surface area (Å²) in [4.78, 5) is 0. The van der Waals surface area contributed by atoms with E-state index in [1.165, 1.54) is 0 Å². The van der Waals surface area contributed by atoms with Crippen LogP contribution in [0, 0.1) is 0 Å². The number of ether oxygens (including phenoxy) is 1. The quantitative estimate of drug-likeness (QED) is 0.483. The number of hydrogen-bond donors (Lipinski definition) is 2. The molecule has 0 aromatic rings. The molecule has 50 valence electrons. The molecule has 0 amide bonds. The average Bonchev–Trinajstić information content (AvgIpc) is 1.66. The summed E-state index contributed by atoms with van der Waals surface area (Å²) in [7, 11) is 0. The van der Waals surface area contributed by atoms with Crippen molar-refractivity contribution in [2.45, 2.75) is 13.0 Å². The van der Waals surface area contributed by atoms with Crippen LogP contribution in [0.25, 0.3) is 0 Å². The zero-order chi connectivity index (χ0) is 6.41. The Morgan fingerprint density at radius 1 is 1.75 bits per heavy atom. The van der Waals surface area contributed by atoms with Gasteiger partial charge in [-0.1, -0.05) is 0 Å². The summed E-state index contributed by atoms with van der Waals surface area (Å²) < 4.78 is 4.87. The SMILES string of the molecule is CC(O)COCCN. The van der Waals surface area contributed by atoms with Gasteiger partial charge in [-0.15, -0.1) is 0 Å². The van der Waals surface area contributed by atoms with E-state index in [2.05, 4.69) is 0 Å². The van der Waals surface area contributed by atoms with E-state index in [1.54, 1.807) is 6.92 Å². The molecule has 0 aromatic carbocycles. The lowest BCUT2D eigenvalue weighted by atomic mass is 10.4. The minimum absolute atomic E-state index is 0.374. The number of nitrogens with two attached hydrogens (primary N) is 1. The fourth-order valence-electron chi connectivity index (χ4n) is 0.337. The van der Waals surface area contributed by atoms with Crippen molar-refractivity contribution in [3.63, 3.8) is 0 Å². The molecule has 0 aliphatic heterocycles. The zero-order valence-corrected chi connectivity index (χ0v) is 5.13. The van der Waals surface area contributed by atoms with E-state index in [0.717, 1.165) is 0 Å². The normalized spacial score (nSPS) is 13.9. The van der Waals surface area contributed by atoms with E-state index in [4.69, 9.17) is 15.6 Å². The molecule has 0 radical (unpaired) electrons. The fraction of sp³-hybridized carbons (Fsp3) is 1.00. The first kappa shape index (κ1) is 7.88. The van der Waals surface area contributed by atoms with Gasteiger partial charge in [-0.3, -0.25) is 0 Å². The van der Waals surface area contributed by atoms with Crippen molar-refractivity contribution in [1.29, 1.82) is 0 Å². The first-order chi connectivity index (χ1) is 3.77. The lowest BCUT2D eigenvalue weighted by Gasteiger charge is -2.02. The van der Waals surface area contributed by atoms with Crippen LogP contribution in [0.3, 0.4) is 0 Å². The Morgan fingerprint density at radius 3 is 2.75 bits per heavy atom. The molecule has 8 heavy (non-hydrogen) atoms. The van der Waals surface area contributed by atoms with Crippen LogP contribution in [0.2, 0.25) is 0 Å². The summed E-state index contributed by atoms with van der Waals surface area (Å²) in [5.74, 6) is 0. The maximum atomic E-state index is 8.61. The van der Waals surface area contributed by atoms with Crippen LogP contribution in [-0.2, 0) is 4.74 Å². The maximum Gasteiger partial charge on any atom is 0.0745 e. The Hall–Kier alpha value is -0.120. The van der Waals surface area contributed by atoms with Gasteiger partial charge in [-0.05, 0) is 6.92 Å². The lowest BCUT2D eigenvalue weighted by molar-refractivity contribution is 0.0500. The smallest absolute Gasteiger partial charge is 0.0745 e. The molecule has 0 aromatic heterocycles.